The number of rotatable bonds is 8. The van der Waals surface area contributed by atoms with Gasteiger partial charge in [-0.2, -0.15) is 0 Å². The van der Waals surface area contributed by atoms with Crippen LogP contribution in [0.5, 0.6) is 5.75 Å². The number of fused-ring (bicyclic) bond motifs is 1. The molecule has 34 heavy (non-hydrogen) atoms. The first-order valence-corrected chi connectivity index (χ1v) is 13.4. The standard InChI is InChI=1S/C23H28N4O4S2.ClH/c1-3-33(29,30)18-9-7-17(8-10-18)22(28)24-11-12-26-13-15-27(16-14-26)23-25-21-19(31-2)5-4-6-20(21)32-23;/h4-10H,3,11-16H2,1-2H3,(H,24,28);1H. The van der Waals surface area contributed by atoms with Crippen LogP contribution in [0.2, 0.25) is 0 Å². The van der Waals surface area contributed by atoms with Crippen molar-refractivity contribution in [3.05, 3.63) is 48.0 Å². The topological polar surface area (TPSA) is 91.8 Å². The van der Waals surface area contributed by atoms with Gasteiger partial charge in [0.25, 0.3) is 5.91 Å². The molecule has 1 amide bonds. The molecule has 0 unspecified atom stereocenters. The van der Waals surface area contributed by atoms with Crippen molar-refractivity contribution in [1.29, 1.82) is 0 Å². The molecule has 1 aliphatic heterocycles. The fourth-order valence-electron chi connectivity index (χ4n) is 3.78. The maximum atomic E-state index is 12.4. The zero-order valence-corrected chi connectivity index (χ0v) is 21.6. The van der Waals surface area contributed by atoms with Crippen molar-refractivity contribution < 1.29 is 17.9 Å². The highest BCUT2D eigenvalue weighted by Gasteiger charge is 2.21. The quantitative estimate of drug-likeness (QED) is 0.484. The Morgan fingerprint density at radius 3 is 2.47 bits per heavy atom. The number of hydrogen-bond donors (Lipinski definition) is 1. The van der Waals surface area contributed by atoms with E-state index >= 15 is 0 Å². The van der Waals surface area contributed by atoms with Crippen molar-refractivity contribution in [2.24, 2.45) is 0 Å². The van der Waals surface area contributed by atoms with E-state index in [0.29, 0.717) is 12.1 Å². The lowest BCUT2D eigenvalue weighted by atomic mass is 10.2. The fourth-order valence-corrected chi connectivity index (χ4v) is 5.70. The van der Waals surface area contributed by atoms with Crippen LogP contribution in [0.15, 0.2) is 47.4 Å². The molecule has 1 aliphatic rings. The van der Waals surface area contributed by atoms with Gasteiger partial charge in [-0.25, -0.2) is 13.4 Å². The highest BCUT2D eigenvalue weighted by atomic mass is 35.5. The first-order chi connectivity index (χ1) is 15.9. The summed E-state index contributed by atoms with van der Waals surface area (Å²) in [5.74, 6) is 0.641. The third-order valence-electron chi connectivity index (χ3n) is 5.80. The highest BCUT2D eigenvalue weighted by Crippen LogP contribution is 2.34. The van der Waals surface area contributed by atoms with E-state index in [4.69, 9.17) is 9.72 Å². The van der Waals surface area contributed by atoms with Gasteiger partial charge in [0, 0.05) is 44.8 Å². The number of nitrogens with zero attached hydrogens (tertiary/aromatic N) is 3. The number of carbonyl (C=O) groups is 1. The summed E-state index contributed by atoms with van der Waals surface area (Å²) in [5, 5.41) is 3.93. The number of hydrogen-bond acceptors (Lipinski definition) is 8. The molecule has 2 aromatic carbocycles. The molecule has 1 saturated heterocycles. The number of para-hydroxylation sites is 1. The van der Waals surface area contributed by atoms with Crippen LogP contribution in [-0.4, -0.2) is 76.3 Å². The summed E-state index contributed by atoms with van der Waals surface area (Å²) in [6.07, 6.45) is 0. The third-order valence-corrected chi connectivity index (χ3v) is 8.63. The number of aromatic nitrogens is 1. The summed E-state index contributed by atoms with van der Waals surface area (Å²) >= 11 is 1.68. The number of sulfone groups is 1. The number of benzene rings is 2. The minimum atomic E-state index is -3.26. The number of amides is 1. The van der Waals surface area contributed by atoms with Gasteiger partial charge in [0.1, 0.15) is 11.3 Å². The van der Waals surface area contributed by atoms with E-state index in [2.05, 4.69) is 21.2 Å². The Hall–Kier alpha value is -2.40. The third kappa shape index (κ3) is 5.80. The van der Waals surface area contributed by atoms with Crippen molar-refractivity contribution in [3.63, 3.8) is 0 Å². The largest absolute Gasteiger partial charge is 0.494 e. The van der Waals surface area contributed by atoms with Crippen molar-refractivity contribution in [1.82, 2.24) is 15.2 Å². The van der Waals surface area contributed by atoms with Crippen LogP contribution in [0.3, 0.4) is 0 Å². The van der Waals surface area contributed by atoms with Crippen LogP contribution in [0, 0.1) is 0 Å². The first kappa shape index (κ1) is 26.2. The molecule has 1 N–H and O–H groups in total. The monoisotopic (exact) mass is 524 g/mol. The maximum absolute atomic E-state index is 12.4. The smallest absolute Gasteiger partial charge is 0.251 e. The molecule has 0 radical (unpaired) electrons. The summed E-state index contributed by atoms with van der Waals surface area (Å²) in [7, 11) is -1.60. The molecule has 0 saturated carbocycles. The molecular formula is C23H29ClN4O4S2. The predicted molar refractivity (Wildman–Crippen MR) is 139 cm³/mol. The van der Waals surface area contributed by atoms with Crippen LogP contribution < -0.4 is 15.0 Å². The molecule has 1 aromatic heterocycles. The van der Waals surface area contributed by atoms with Gasteiger partial charge in [0.15, 0.2) is 15.0 Å². The maximum Gasteiger partial charge on any atom is 0.251 e. The zero-order valence-electron chi connectivity index (χ0n) is 19.2. The van der Waals surface area contributed by atoms with Crippen LogP contribution >= 0.6 is 23.7 Å². The number of thiazole rings is 1. The summed E-state index contributed by atoms with van der Waals surface area (Å²) in [5.41, 5.74) is 1.37. The van der Waals surface area contributed by atoms with E-state index in [0.717, 1.165) is 53.8 Å². The molecule has 8 nitrogen and oxygen atoms in total. The average molecular weight is 525 g/mol. The molecule has 0 bridgehead atoms. The van der Waals surface area contributed by atoms with E-state index in [1.54, 1.807) is 37.5 Å². The van der Waals surface area contributed by atoms with Crippen molar-refractivity contribution in [2.45, 2.75) is 11.8 Å². The molecule has 4 rings (SSSR count). The number of carbonyl (C=O) groups excluding carboxylic acids is 1. The van der Waals surface area contributed by atoms with Gasteiger partial charge in [0.05, 0.1) is 22.5 Å². The van der Waals surface area contributed by atoms with Gasteiger partial charge < -0.3 is 15.0 Å². The van der Waals surface area contributed by atoms with Gasteiger partial charge in [-0.05, 0) is 36.4 Å². The lowest BCUT2D eigenvalue weighted by Gasteiger charge is -2.34. The molecule has 184 valence electrons. The van der Waals surface area contributed by atoms with E-state index in [1.807, 2.05) is 12.1 Å². The van der Waals surface area contributed by atoms with E-state index < -0.39 is 9.84 Å². The van der Waals surface area contributed by atoms with Crippen LogP contribution in [0.25, 0.3) is 10.2 Å². The summed E-state index contributed by atoms with van der Waals surface area (Å²) in [6.45, 7) is 6.44. The summed E-state index contributed by atoms with van der Waals surface area (Å²) < 4.78 is 30.3. The number of halogens is 1. The molecule has 0 atom stereocenters. The van der Waals surface area contributed by atoms with Gasteiger partial charge in [-0.15, -0.1) is 12.4 Å². The Balaban J connectivity index is 0.00000324. The normalized spacial score (nSPS) is 14.6. The molecule has 2 heterocycles. The summed E-state index contributed by atoms with van der Waals surface area (Å²) in [6, 6.07) is 12.1. The van der Waals surface area contributed by atoms with Gasteiger partial charge >= 0.3 is 0 Å². The van der Waals surface area contributed by atoms with Gasteiger partial charge in [-0.1, -0.05) is 24.3 Å². The Bertz CT molecular complexity index is 1220. The SMILES string of the molecule is CCS(=O)(=O)c1ccc(C(=O)NCCN2CCN(c3nc4c(OC)cccc4s3)CC2)cc1.Cl. The van der Waals surface area contributed by atoms with Crippen LogP contribution in [0.4, 0.5) is 5.13 Å². The number of anilines is 1. The van der Waals surface area contributed by atoms with E-state index in [1.165, 1.54) is 12.1 Å². The van der Waals surface area contributed by atoms with Crippen molar-refractivity contribution in [3.8, 4) is 5.75 Å². The fraction of sp³-hybridized carbons (Fsp3) is 0.391. The average Bonchev–Trinajstić information content (AvgIpc) is 3.29. The minimum absolute atomic E-state index is 0. The van der Waals surface area contributed by atoms with Gasteiger partial charge in [0.2, 0.25) is 0 Å². The Morgan fingerprint density at radius 1 is 1.12 bits per heavy atom. The Labute approximate surface area is 210 Å². The highest BCUT2D eigenvalue weighted by molar-refractivity contribution is 7.91. The van der Waals surface area contributed by atoms with E-state index in [-0.39, 0.29) is 29.0 Å². The molecule has 11 heteroatoms. The Morgan fingerprint density at radius 2 is 1.82 bits per heavy atom. The van der Waals surface area contributed by atoms with Crippen LogP contribution in [-0.2, 0) is 9.84 Å². The first-order valence-electron chi connectivity index (χ1n) is 10.9. The molecule has 1 fully saturated rings. The zero-order chi connectivity index (χ0) is 23.4. The van der Waals surface area contributed by atoms with Crippen molar-refractivity contribution >= 4 is 54.8 Å². The van der Waals surface area contributed by atoms with Crippen LogP contribution in [0.1, 0.15) is 17.3 Å². The second kappa shape index (κ2) is 11.4. The molecule has 0 aliphatic carbocycles. The van der Waals surface area contributed by atoms with Crippen molar-refractivity contribution in [2.75, 3.05) is 57.0 Å². The second-order valence-electron chi connectivity index (χ2n) is 7.82. The summed E-state index contributed by atoms with van der Waals surface area (Å²) in [4.78, 5) is 22.0. The molecular weight excluding hydrogens is 496 g/mol. The minimum Gasteiger partial charge on any atom is -0.494 e. The second-order valence-corrected chi connectivity index (χ2v) is 11.1. The van der Waals surface area contributed by atoms with E-state index in [9.17, 15) is 13.2 Å². The number of methoxy groups -OCH3 is 1. The lowest BCUT2D eigenvalue weighted by Crippen LogP contribution is -2.48. The lowest BCUT2D eigenvalue weighted by molar-refractivity contribution is 0.0947. The molecule has 3 aromatic rings. The number of ether oxygens (including phenoxy) is 1. The number of piperazine rings is 1. The molecule has 0 spiro atoms. The number of nitrogens with one attached hydrogen (secondary N) is 1. The Kier molecular flexibility index (Phi) is 8.75. The predicted octanol–water partition coefficient (Wildman–Crippen LogP) is 3.07. The van der Waals surface area contributed by atoms with Gasteiger partial charge in [-0.3, -0.25) is 9.69 Å².